The van der Waals surface area contributed by atoms with E-state index in [0.29, 0.717) is 0 Å². The molecule has 4 heteroatoms. The standard InChI is InChI=1S/C30H30BNO2/c1-29(2)30(3,4)34-31(33-29)25-14-11-17-28(22-25)32(26-15-9-6-10-16-26)27-20-18-24(19-21-27)23-12-7-5-8-13-23/h5-22H,1-4H3. The molecule has 4 aromatic rings. The molecule has 1 saturated heterocycles. The molecule has 34 heavy (non-hydrogen) atoms. The van der Waals surface area contributed by atoms with Gasteiger partial charge in [-0.05, 0) is 80.7 Å². The Morgan fingerprint density at radius 2 is 1.03 bits per heavy atom. The Bertz CT molecular complexity index is 1240. The van der Waals surface area contributed by atoms with Gasteiger partial charge in [-0.2, -0.15) is 0 Å². The smallest absolute Gasteiger partial charge is 0.399 e. The van der Waals surface area contributed by atoms with E-state index in [0.717, 1.165) is 22.5 Å². The molecule has 1 aliphatic heterocycles. The first-order valence-corrected chi connectivity index (χ1v) is 11.8. The van der Waals surface area contributed by atoms with Crippen LogP contribution in [0.4, 0.5) is 17.1 Å². The van der Waals surface area contributed by atoms with E-state index in [1.807, 2.05) is 12.1 Å². The predicted molar refractivity (Wildman–Crippen MR) is 142 cm³/mol. The van der Waals surface area contributed by atoms with Crippen molar-refractivity contribution in [2.24, 2.45) is 0 Å². The van der Waals surface area contributed by atoms with Crippen LogP contribution in [-0.2, 0) is 9.31 Å². The molecule has 5 rings (SSSR count). The van der Waals surface area contributed by atoms with Crippen LogP contribution >= 0.6 is 0 Å². The highest BCUT2D eigenvalue weighted by atomic mass is 16.7. The molecule has 0 radical (unpaired) electrons. The van der Waals surface area contributed by atoms with Crippen molar-refractivity contribution < 1.29 is 9.31 Å². The van der Waals surface area contributed by atoms with Gasteiger partial charge in [0, 0.05) is 17.1 Å². The summed E-state index contributed by atoms with van der Waals surface area (Å²) in [6.07, 6.45) is 0. The largest absolute Gasteiger partial charge is 0.494 e. The number of benzene rings is 4. The Morgan fingerprint density at radius 1 is 0.529 bits per heavy atom. The summed E-state index contributed by atoms with van der Waals surface area (Å²) in [6.45, 7) is 8.34. The number of hydrogen-bond acceptors (Lipinski definition) is 3. The lowest BCUT2D eigenvalue weighted by Gasteiger charge is -2.32. The first kappa shape index (κ1) is 22.5. The average Bonchev–Trinajstić information content (AvgIpc) is 3.08. The van der Waals surface area contributed by atoms with E-state index in [1.54, 1.807) is 0 Å². The highest BCUT2D eigenvalue weighted by Crippen LogP contribution is 2.38. The molecular formula is C30H30BNO2. The van der Waals surface area contributed by atoms with Gasteiger partial charge in [-0.25, -0.2) is 0 Å². The number of anilines is 3. The van der Waals surface area contributed by atoms with Crippen LogP contribution in [0.25, 0.3) is 11.1 Å². The number of nitrogens with zero attached hydrogens (tertiary/aromatic N) is 1. The van der Waals surface area contributed by atoms with Crippen molar-refractivity contribution in [2.45, 2.75) is 38.9 Å². The van der Waals surface area contributed by atoms with Gasteiger partial charge in [0.25, 0.3) is 0 Å². The summed E-state index contributed by atoms with van der Waals surface area (Å²) in [5.74, 6) is 0. The van der Waals surface area contributed by atoms with E-state index < -0.39 is 7.12 Å². The Morgan fingerprint density at radius 3 is 1.65 bits per heavy atom. The molecule has 0 unspecified atom stereocenters. The molecular weight excluding hydrogens is 417 g/mol. The lowest BCUT2D eigenvalue weighted by atomic mass is 9.79. The van der Waals surface area contributed by atoms with E-state index in [1.165, 1.54) is 11.1 Å². The van der Waals surface area contributed by atoms with E-state index in [2.05, 4.69) is 130 Å². The summed E-state index contributed by atoms with van der Waals surface area (Å²) in [5.41, 5.74) is 5.92. The Balaban J connectivity index is 1.53. The van der Waals surface area contributed by atoms with Crippen molar-refractivity contribution in [3.63, 3.8) is 0 Å². The molecule has 1 aliphatic rings. The maximum atomic E-state index is 6.32. The Kier molecular flexibility index (Phi) is 5.80. The van der Waals surface area contributed by atoms with Gasteiger partial charge in [0.05, 0.1) is 11.2 Å². The van der Waals surface area contributed by atoms with Gasteiger partial charge in [0.2, 0.25) is 0 Å². The van der Waals surface area contributed by atoms with Crippen molar-refractivity contribution in [1.29, 1.82) is 0 Å². The van der Waals surface area contributed by atoms with Gasteiger partial charge in [-0.3, -0.25) is 0 Å². The van der Waals surface area contributed by atoms with Crippen molar-refractivity contribution in [2.75, 3.05) is 4.90 Å². The van der Waals surface area contributed by atoms with Crippen molar-refractivity contribution in [3.05, 3.63) is 109 Å². The minimum absolute atomic E-state index is 0.375. The number of hydrogen-bond donors (Lipinski definition) is 0. The van der Waals surface area contributed by atoms with Crippen molar-refractivity contribution in [1.82, 2.24) is 0 Å². The zero-order valence-electron chi connectivity index (χ0n) is 20.2. The fourth-order valence-corrected chi connectivity index (χ4v) is 4.25. The predicted octanol–water partition coefficient (Wildman–Crippen LogP) is 7.12. The topological polar surface area (TPSA) is 21.7 Å². The van der Waals surface area contributed by atoms with Crippen LogP contribution in [0, 0.1) is 0 Å². The van der Waals surface area contributed by atoms with Gasteiger partial charge < -0.3 is 14.2 Å². The molecule has 0 bridgehead atoms. The van der Waals surface area contributed by atoms with E-state index >= 15 is 0 Å². The third-order valence-corrected chi connectivity index (χ3v) is 6.90. The van der Waals surface area contributed by atoms with Gasteiger partial charge in [-0.15, -0.1) is 0 Å². The minimum atomic E-state index is -0.400. The summed E-state index contributed by atoms with van der Waals surface area (Å²) in [4.78, 5) is 2.27. The maximum Gasteiger partial charge on any atom is 0.494 e. The Hall–Kier alpha value is -3.34. The van der Waals surface area contributed by atoms with Crippen LogP contribution in [-0.4, -0.2) is 18.3 Å². The van der Waals surface area contributed by atoms with Crippen LogP contribution in [0.5, 0.6) is 0 Å². The molecule has 3 nitrogen and oxygen atoms in total. The number of para-hydroxylation sites is 1. The van der Waals surface area contributed by atoms with E-state index in [9.17, 15) is 0 Å². The molecule has 170 valence electrons. The van der Waals surface area contributed by atoms with Gasteiger partial charge in [-0.1, -0.05) is 72.8 Å². The summed E-state index contributed by atoms with van der Waals surface area (Å²) >= 11 is 0. The molecule has 0 atom stereocenters. The highest BCUT2D eigenvalue weighted by molar-refractivity contribution is 6.62. The quantitative estimate of drug-likeness (QED) is 0.304. The second-order valence-electron chi connectivity index (χ2n) is 9.77. The van der Waals surface area contributed by atoms with Gasteiger partial charge >= 0.3 is 7.12 Å². The molecule has 0 saturated carbocycles. The monoisotopic (exact) mass is 447 g/mol. The lowest BCUT2D eigenvalue weighted by molar-refractivity contribution is 0.00578. The van der Waals surface area contributed by atoms with Gasteiger partial charge in [0.1, 0.15) is 0 Å². The minimum Gasteiger partial charge on any atom is -0.399 e. The van der Waals surface area contributed by atoms with Crippen LogP contribution in [0.3, 0.4) is 0 Å². The first-order valence-electron chi connectivity index (χ1n) is 11.8. The second kappa shape index (κ2) is 8.79. The normalized spacial score (nSPS) is 16.4. The van der Waals surface area contributed by atoms with E-state index in [-0.39, 0.29) is 11.2 Å². The second-order valence-corrected chi connectivity index (χ2v) is 9.77. The molecule has 1 heterocycles. The van der Waals surface area contributed by atoms with E-state index in [4.69, 9.17) is 9.31 Å². The summed E-state index contributed by atoms with van der Waals surface area (Å²) in [6, 6.07) is 38.1. The van der Waals surface area contributed by atoms with Crippen LogP contribution in [0.1, 0.15) is 27.7 Å². The molecule has 0 aliphatic carbocycles. The summed E-state index contributed by atoms with van der Waals surface area (Å²) < 4.78 is 12.6. The maximum absolute atomic E-state index is 6.32. The molecule has 0 spiro atoms. The van der Waals surface area contributed by atoms with Crippen LogP contribution in [0.15, 0.2) is 109 Å². The molecule has 0 aromatic heterocycles. The fraction of sp³-hybridized carbons (Fsp3) is 0.200. The molecule has 0 amide bonds. The van der Waals surface area contributed by atoms with Crippen LogP contribution < -0.4 is 10.4 Å². The molecule has 0 N–H and O–H groups in total. The molecule has 1 fully saturated rings. The average molecular weight is 447 g/mol. The SMILES string of the molecule is CC1(C)OB(c2cccc(N(c3ccccc3)c3ccc(-c4ccccc4)cc3)c2)OC1(C)C. The van der Waals surface area contributed by atoms with Gasteiger partial charge in [0.15, 0.2) is 0 Å². The highest BCUT2D eigenvalue weighted by Gasteiger charge is 2.51. The first-order chi connectivity index (χ1) is 16.3. The van der Waals surface area contributed by atoms with Crippen LogP contribution in [0.2, 0.25) is 0 Å². The van der Waals surface area contributed by atoms with Crippen molar-refractivity contribution in [3.8, 4) is 11.1 Å². The fourth-order valence-electron chi connectivity index (χ4n) is 4.25. The zero-order chi connectivity index (χ0) is 23.8. The third kappa shape index (κ3) is 4.27. The molecule has 4 aromatic carbocycles. The number of rotatable bonds is 5. The third-order valence-electron chi connectivity index (χ3n) is 6.90. The summed E-state index contributed by atoms with van der Waals surface area (Å²) in [7, 11) is -0.400. The van der Waals surface area contributed by atoms with Crippen molar-refractivity contribution >= 4 is 29.6 Å². The lowest BCUT2D eigenvalue weighted by Crippen LogP contribution is -2.41. The summed E-state index contributed by atoms with van der Waals surface area (Å²) in [5, 5.41) is 0. The zero-order valence-corrected chi connectivity index (χ0v) is 20.2. The Labute approximate surface area is 203 Å².